The molecular formula is C18H18F2N2O2. The number of carbonyl (C=O) groups is 1. The Morgan fingerprint density at radius 1 is 1.17 bits per heavy atom. The summed E-state index contributed by atoms with van der Waals surface area (Å²) in [6, 6.07) is 9.98. The highest BCUT2D eigenvalue weighted by Gasteiger charge is 2.35. The Hall–Kier alpha value is -2.47. The maximum Gasteiger partial charge on any atom is 0.322 e. The maximum atomic E-state index is 13.5. The van der Waals surface area contributed by atoms with Crippen LogP contribution in [0.4, 0.5) is 19.3 Å². The van der Waals surface area contributed by atoms with Crippen LogP contribution >= 0.6 is 0 Å². The molecule has 4 nitrogen and oxygen atoms in total. The van der Waals surface area contributed by atoms with Gasteiger partial charge in [-0.1, -0.05) is 23.8 Å². The number of anilines is 1. The average Bonchev–Trinajstić information content (AvgIpc) is 2.94. The molecule has 24 heavy (non-hydrogen) atoms. The van der Waals surface area contributed by atoms with Crippen molar-refractivity contribution in [2.45, 2.75) is 25.5 Å². The molecule has 1 aliphatic heterocycles. The third-order valence-corrected chi connectivity index (χ3v) is 4.17. The lowest BCUT2D eigenvalue weighted by molar-refractivity contribution is 0.175. The second-order valence-corrected chi connectivity index (χ2v) is 6.03. The van der Waals surface area contributed by atoms with Crippen LogP contribution in [0, 0.1) is 18.6 Å². The van der Waals surface area contributed by atoms with Gasteiger partial charge < -0.3 is 15.3 Å². The zero-order valence-electron chi connectivity index (χ0n) is 13.2. The number of rotatable bonds is 2. The van der Waals surface area contributed by atoms with Gasteiger partial charge >= 0.3 is 6.03 Å². The monoisotopic (exact) mass is 332 g/mol. The van der Waals surface area contributed by atoms with E-state index in [-0.39, 0.29) is 19.0 Å². The molecule has 2 aromatic carbocycles. The van der Waals surface area contributed by atoms with Gasteiger partial charge in [0.15, 0.2) is 11.6 Å². The van der Waals surface area contributed by atoms with E-state index in [2.05, 4.69) is 5.32 Å². The number of amides is 2. The van der Waals surface area contributed by atoms with Gasteiger partial charge in [-0.25, -0.2) is 13.6 Å². The zero-order valence-corrected chi connectivity index (χ0v) is 13.2. The minimum absolute atomic E-state index is 0.140. The fourth-order valence-electron chi connectivity index (χ4n) is 2.91. The van der Waals surface area contributed by atoms with E-state index in [0.29, 0.717) is 11.3 Å². The standard InChI is InChI=1S/C18H18F2N2O2/c1-11-2-5-13(6-3-11)21-18(24)22-10-14(23)9-17(22)12-4-7-15(19)16(20)8-12/h2-8,14,17,23H,9-10H2,1H3,(H,21,24)/t14-,17+/m0/s1. The van der Waals surface area contributed by atoms with Gasteiger partial charge in [0.05, 0.1) is 12.1 Å². The molecule has 0 saturated carbocycles. The summed E-state index contributed by atoms with van der Waals surface area (Å²) in [6.45, 7) is 2.09. The van der Waals surface area contributed by atoms with E-state index in [9.17, 15) is 18.7 Å². The summed E-state index contributed by atoms with van der Waals surface area (Å²) in [7, 11) is 0. The lowest BCUT2D eigenvalue weighted by Crippen LogP contribution is -2.35. The Balaban J connectivity index is 1.80. The number of likely N-dealkylation sites (tertiary alicyclic amines) is 1. The summed E-state index contributed by atoms with van der Waals surface area (Å²) < 4.78 is 26.6. The number of nitrogens with one attached hydrogen (secondary N) is 1. The predicted octanol–water partition coefficient (Wildman–Crippen LogP) is 3.61. The summed E-state index contributed by atoms with van der Waals surface area (Å²) in [5.41, 5.74) is 2.17. The minimum Gasteiger partial charge on any atom is -0.391 e. The van der Waals surface area contributed by atoms with E-state index in [1.807, 2.05) is 19.1 Å². The van der Waals surface area contributed by atoms with Gasteiger partial charge in [-0.2, -0.15) is 0 Å². The van der Waals surface area contributed by atoms with Crippen LogP contribution in [0.1, 0.15) is 23.6 Å². The van der Waals surface area contributed by atoms with Crippen molar-refractivity contribution < 1.29 is 18.7 Å². The Kier molecular flexibility index (Phi) is 4.49. The molecule has 1 heterocycles. The molecular weight excluding hydrogens is 314 g/mol. The first-order chi connectivity index (χ1) is 11.4. The van der Waals surface area contributed by atoms with Gasteiger partial charge in [-0.3, -0.25) is 0 Å². The molecule has 2 atom stereocenters. The molecule has 0 aromatic heterocycles. The highest BCUT2D eigenvalue weighted by molar-refractivity contribution is 5.89. The third kappa shape index (κ3) is 3.38. The second kappa shape index (κ2) is 6.57. The Morgan fingerprint density at radius 3 is 2.54 bits per heavy atom. The van der Waals surface area contributed by atoms with Crippen molar-refractivity contribution in [3.63, 3.8) is 0 Å². The van der Waals surface area contributed by atoms with E-state index in [1.165, 1.54) is 11.0 Å². The summed E-state index contributed by atoms with van der Waals surface area (Å²) in [4.78, 5) is 14.0. The Morgan fingerprint density at radius 2 is 1.88 bits per heavy atom. The van der Waals surface area contributed by atoms with Crippen molar-refractivity contribution in [1.29, 1.82) is 0 Å². The molecule has 2 amide bonds. The number of benzene rings is 2. The van der Waals surface area contributed by atoms with Gasteiger partial charge in [-0.15, -0.1) is 0 Å². The van der Waals surface area contributed by atoms with E-state index in [1.54, 1.807) is 12.1 Å². The largest absolute Gasteiger partial charge is 0.391 e. The maximum absolute atomic E-state index is 13.5. The molecule has 126 valence electrons. The lowest BCUT2D eigenvalue weighted by atomic mass is 10.0. The molecule has 0 aliphatic carbocycles. The Labute approximate surface area is 138 Å². The number of aryl methyl sites for hydroxylation is 1. The van der Waals surface area contributed by atoms with Crippen LogP contribution in [-0.4, -0.2) is 28.7 Å². The molecule has 1 aliphatic rings. The van der Waals surface area contributed by atoms with Crippen molar-refractivity contribution in [1.82, 2.24) is 4.90 Å². The topological polar surface area (TPSA) is 52.6 Å². The molecule has 0 spiro atoms. The number of carbonyl (C=O) groups excluding carboxylic acids is 1. The summed E-state index contributed by atoms with van der Waals surface area (Å²) in [5, 5.41) is 12.7. The average molecular weight is 332 g/mol. The normalized spacial score (nSPS) is 20.2. The molecule has 1 fully saturated rings. The number of halogens is 2. The minimum atomic E-state index is -0.965. The highest BCUT2D eigenvalue weighted by atomic mass is 19.2. The number of aliphatic hydroxyl groups is 1. The fourth-order valence-corrected chi connectivity index (χ4v) is 2.91. The van der Waals surface area contributed by atoms with Crippen molar-refractivity contribution in [3.8, 4) is 0 Å². The van der Waals surface area contributed by atoms with Gasteiger partial charge in [0.25, 0.3) is 0 Å². The van der Waals surface area contributed by atoms with Crippen LogP contribution in [0.5, 0.6) is 0 Å². The smallest absolute Gasteiger partial charge is 0.322 e. The number of nitrogens with zero attached hydrogens (tertiary/aromatic N) is 1. The molecule has 3 rings (SSSR count). The molecule has 2 aromatic rings. The molecule has 2 N–H and O–H groups in total. The van der Waals surface area contributed by atoms with Crippen LogP contribution in [-0.2, 0) is 0 Å². The number of urea groups is 1. The highest BCUT2D eigenvalue weighted by Crippen LogP contribution is 2.33. The molecule has 1 saturated heterocycles. The lowest BCUT2D eigenvalue weighted by Gasteiger charge is -2.25. The number of aliphatic hydroxyl groups excluding tert-OH is 1. The number of β-amino-alcohol motifs (C(OH)–C–C–N with tert-alkyl or cyclic N) is 1. The third-order valence-electron chi connectivity index (χ3n) is 4.17. The van der Waals surface area contributed by atoms with Gasteiger partial charge in [0.1, 0.15) is 0 Å². The molecule has 0 unspecified atom stereocenters. The number of hydrogen-bond donors (Lipinski definition) is 2. The van der Waals surface area contributed by atoms with Crippen LogP contribution in [0.25, 0.3) is 0 Å². The molecule has 0 radical (unpaired) electrons. The van der Waals surface area contributed by atoms with E-state index in [4.69, 9.17) is 0 Å². The SMILES string of the molecule is Cc1ccc(NC(=O)N2C[C@@H](O)C[C@@H]2c2ccc(F)c(F)c2)cc1. The van der Waals surface area contributed by atoms with E-state index < -0.39 is 23.8 Å². The quantitative estimate of drug-likeness (QED) is 0.883. The van der Waals surface area contributed by atoms with Crippen molar-refractivity contribution >= 4 is 11.7 Å². The second-order valence-electron chi connectivity index (χ2n) is 6.03. The first kappa shape index (κ1) is 16.4. The van der Waals surface area contributed by atoms with Crippen LogP contribution in [0.3, 0.4) is 0 Å². The van der Waals surface area contributed by atoms with Gasteiger partial charge in [-0.05, 0) is 43.2 Å². The first-order valence-electron chi connectivity index (χ1n) is 7.71. The zero-order chi connectivity index (χ0) is 17.3. The fraction of sp³-hybridized carbons (Fsp3) is 0.278. The van der Waals surface area contributed by atoms with Crippen LogP contribution in [0.2, 0.25) is 0 Å². The van der Waals surface area contributed by atoms with Crippen LogP contribution in [0.15, 0.2) is 42.5 Å². The van der Waals surface area contributed by atoms with Gasteiger partial charge in [0.2, 0.25) is 0 Å². The van der Waals surface area contributed by atoms with Crippen molar-refractivity contribution in [3.05, 3.63) is 65.2 Å². The summed E-state index contributed by atoms with van der Waals surface area (Å²) >= 11 is 0. The molecule has 6 heteroatoms. The van der Waals surface area contributed by atoms with Crippen molar-refractivity contribution in [2.75, 3.05) is 11.9 Å². The van der Waals surface area contributed by atoms with Gasteiger partial charge in [0, 0.05) is 12.2 Å². The first-order valence-corrected chi connectivity index (χ1v) is 7.71. The van der Waals surface area contributed by atoms with Crippen LogP contribution < -0.4 is 5.32 Å². The van der Waals surface area contributed by atoms with E-state index in [0.717, 1.165) is 17.7 Å². The molecule has 0 bridgehead atoms. The summed E-state index contributed by atoms with van der Waals surface area (Å²) in [6.07, 6.45) is -0.418. The Bertz CT molecular complexity index is 749. The van der Waals surface area contributed by atoms with Crippen molar-refractivity contribution in [2.24, 2.45) is 0 Å². The predicted molar refractivity (Wildman–Crippen MR) is 86.6 cm³/mol. The number of hydrogen-bond acceptors (Lipinski definition) is 2. The van der Waals surface area contributed by atoms with E-state index >= 15 is 0 Å². The summed E-state index contributed by atoms with van der Waals surface area (Å²) in [5.74, 6) is -1.90.